The number of thioether (sulfide) groups is 1. The molecule has 2 aromatic carbocycles. The Morgan fingerprint density at radius 2 is 1.71 bits per heavy atom. The van der Waals surface area contributed by atoms with Crippen molar-refractivity contribution in [2.24, 2.45) is 0 Å². The van der Waals surface area contributed by atoms with Crippen molar-refractivity contribution in [1.29, 1.82) is 0 Å². The number of alkyl halides is 2. The van der Waals surface area contributed by atoms with Gasteiger partial charge in [0.2, 0.25) is 0 Å². The van der Waals surface area contributed by atoms with Gasteiger partial charge in [0.25, 0.3) is 11.7 Å². The largest absolute Gasteiger partial charge is 0.493 e. The van der Waals surface area contributed by atoms with Gasteiger partial charge in [-0.15, -0.1) is 0 Å². The lowest BCUT2D eigenvalue weighted by Gasteiger charge is -2.17. The zero-order valence-corrected chi connectivity index (χ0v) is 16.2. The second-order valence-electron chi connectivity index (χ2n) is 5.51. The number of ether oxygens (including phenoxy) is 3. The van der Waals surface area contributed by atoms with E-state index in [0.717, 1.165) is 0 Å². The highest BCUT2D eigenvalue weighted by Gasteiger charge is 2.18. The Hall–Kier alpha value is -2.81. The van der Waals surface area contributed by atoms with E-state index in [1.807, 2.05) is 0 Å². The van der Waals surface area contributed by atoms with Crippen LogP contribution in [0.4, 0.5) is 14.5 Å². The zero-order chi connectivity index (χ0) is 20.7. The second kappa shape index (κ2) is 9.93. The van der Waals surface area contributed by atoms with Gasteiger partial charge in [0.15, 0.2) is 17.6 Å². The number of hydrogen-bond donors (Lipinski definition) is 1. The van der Waals surface area contributed by atoms with Crippen LogP contribution in [0.2, 0.25) is 0 Å². The second-order valence-corrected chi connectivity index (χ2v) is 6.57. The molecule has 0 saturated heterocycles. The molecule has 28 heavy (non-hydrogen) atoms. The highest BCUT2D eigenvalue weighted by atomic mass is 32.2. The predicted molar refractivity (Wildman–Crippen MR) is 101 cm³/mol. The summed E-state index contributed by atoms with van der Waals surface area (Å²) in [5.41, 5.74) is 0.734. The minimum atomic E-state index is -2.51. The molecule has 0 aromatic heterocycles. The van der Waals surface area contributed by atoms with E-state index in [4.69, 9.17) is 9.47 Å². The predicted octanol–water partition coefficient (Wildman–Crippen LogP) is 4.20. The summed E-state index contributed by atoms with van der Waals surface area (Å²) in [6.07, 6.45) is -0.881. The van der Waals surface area contributed by atoms with Crippen molar-refractivity contribution in [3.05, 3.63) is 48.0 Å². The first-order valence-electron chi connectivity index (χ1n) is 8.12. The summed E-state index contributed by atoms with van der Waals surface area (Å²) in [4.78, 5) is 24.3. The Balaban J connectivity index is 2.02. The van der Waals surface area contributed by atoms with Crippen LogP contribution in [-0.4, -0.2) is 38.0 Å². The topological polar surface area (TPSA) is 73.9 Å². The molecule has 150 valence electrons. The van der Waals surface area contributed by atoms with Gasteiger partial charge < -0.3 is 19.5 Å². The molecule has 0 saturated carbocycles. The van der Waals surface area contributed by atoms with Crippen molar-refractivity contribution in [3.8, 4) is 11.5 Å². The molecule has 1 N–H and O–H groups in total. The molecule has 2 rings (SSSR count). The van der Waals surface area contributed by atoms with Crippen molar-refractivity contribution >= 4 is 29.3 Å². The Morgan fingerprint density at radius 1 is 1.04 bits per heavy atom. The number of carbonyl (C=O) groups excluding carboxylic acids is 2. The number of halogens is 2. The van der Waals surface area contributed by atoms with Crippen molar-refractivity contribution < 1.29 is 32.6 Å². The van der Waals surface area contributed by atoms with E-state index in [2.05, 4.69) is 10.1 Å². The maximum atomic E-state index is 12.3. The van der Waals surface area contributed by atoms with Crippen LogP contribution in [0, 0.1) is 0 Å². The SMILES string of the molecule is COC(=O)c1ccc(O[C@@H](C)C(=O)Nc2ccc(SC(F)F)cc2)c(OC)c1. The maximum absolute atomic E-state index is 12.3. The van der Waals surface area contributed by atoms with Crippen LogP contribution in [-0.2, 0) is 9.53 Å². The first-order valence-corrected chi connectivity index (χ1v) is 9.00. The number of esters is 1. The third-order valence-corrected chi connectivity index (χ3v) is 4.33. The Kier molecular flexibility index (Phi) is 7.62. The molecule has 0 radical (unpaired) electrons. The highest BCUT2D eigenvalue weighted by molar-refractivity contribution is 7.99. The maximum Gasteiger partial charge on any atom is 0.337 e. The van der Waals surface area contributed by atoms with Crippen molar-refractivity contribution in [2.45, 2.75) is 23.7 Å². The van der Waals surface area contributed by atoms with Gasteiger partial charge in [-0.25, -0.2) is 4.79 Å². The third-order valence-electron chi connectivity index (χ3n) is 3.60. The molecule has 0 aliphatic heterocycles. The smallest absolute Gasteiger partial charge is 0.337 e. The molecule has 0 aliphatic rings. The van der Waals surface area contributed by atoms with Gasteiger partial charge in [0, 0.05) is 10.6 Å². The monoisotopic (exact) mass is 411 g/mol. The van der Waals surface area contributed by atoms with Gasteiger partial charge in [-0.1, -0.05) is 11.8 Å². The summed E-state index contributed by atoms with van der Waals surface area (Å²) in [5, 5.41) is 2.64. The van der Waals surface area contributed by atoms with E-state index < -0.39 is 23.7 Å². The van der Waals surface area contributed by atoms with Gasteiger partial charge in [-0.3, -0.25) is 4.79 Å². The Morgan fingerprint density at radius 3 is 2.29 bits per heavy atom. The van der Waals surface area contributed by atoms with E-state index in [1.165, 1.54) is 56.7 Å². The average Bonchev–Trinajstić information content (AvgIpc) is 2.68. The van der Waals surface area contributed by atoms with Crippen molar-refractivity contribution in [1.82, 2.24) is 0 Å². The van der Waals surface area contributed by atoms with E-state index in [0.29, 0.717) is 22.3 Å². The molecule has 0 spiro atoms. The Labute approximate surface area is 165 Å². The number of rotatable bonds is 8. The summed E-state index contributed by atoms with van der Waals surface area (Å²) in [6.45, 7) is 1.55. The van der Waals surface area contributed by atoms with Crippen molar-refractivity contribution in [2.75, 3.05) is 19.5 Å². The number of nitrogens with one attached hydrogen (secondary N) is 1. The molecule has 6 nitrogen and oxygen atoms in total. The third kappa shape index (κ3) is 5.85. The minimum Gasteiger partial charge on any atom is -0.493 e. The average molecular weight is 411 g/mol. The van der Waals surface area contributed by atoms with Gasteiger partial charge in [0.1, 0.15) is 0 Å². The Bertz CT molecular complexity index is 830. The molecule has 1 atom stereocenters. The van der Waals surface area contributed by atoms with Crippen LogP contribution in [0.5, 0.6) is 11.5 Å². The van der Waals surface area contributed by atoms with Crippen LogP contribution >= 0.6 is 11.8 Å². The van der Waals surface area contributed by atoms with E-state index >= 15 is 0 Å². The zero-order valence-electron chi connectivity index (χ0n) is 15.4. The number of amides is 1. The normalized spacial score (nSPS) is 11.6. The highest BCUT2D eigenvalue weighted by Crippen LogP contribution is 2.30. The molecule has 0 unspecified atom stereocenters. The summed E-state index contributed by atoms with van der Waals surface area (Å²) in [5.74, 6) is -2.91. The lowest BCUT2D eigenvalue weighted by Crippen LogP contribution is -2.30. The first-order chi connectivity index (χ1) is 13.3. The summed E-state index contributed by atoms with van der Waals surface area (Å²) < 4.78 is 40.1. The number of benzene rings is 2. The van der Waals surface area contributed by atoms with E-state index in [1.54, 1.807) is 6.92 Å². The molecule has 0 aliphatic carbocycles. The van der Waals surface area contributed by atoms with Crippen LogP contribution in [0.3, 0.4) is 0 Å². The number of methoxy groups -OCH3 is 2. The fourth-order valence-electron chi connectivity index (χ4n) is 2.22. The van der Waals surface area contributed by atoms with Crippen LogP contribution in [0.25, 0.3) is 0 Å². The van der Waals surface area contributed by atoms with Gasteiger partial charge in [-0.05, 0) is 49.4 Å². The lowest BCUT2D eigenvalue weighted by molar-refractivity contribution is -0.122. The van der Waals surface area contributed by atoms with Crippen LogP contribution in [0.1, 0.15) is 17.3 Å². The first kappa shape index (κ1) is 21.5. The molecule has 0 bridgehead atoms. The van der Waals surface area contributed by atoms with Gasteiger partial charge >= 0.3 is 5.97 Å². The molecular formula is C19H19F2NO5S. The fourth-order valence-corrected chi connectivity index (χ4v) is 2.72. The molecule has 9 heteroatoms. The van der Waals surface area contributed by atoms with Crippen LogP contribution in [0.15, 0.2) is 47.4 Å². The van der Waals surface area contributed by atoms with Crippen LogP contribution < -0.4 is 14.8 Å². The summed E-state index contributed by atoms with van der Waals surface area (Å²) in [6, 6.07) is 10.5. The minimum absolute atomic E-state index is 0.274. The van der Waals surface area contributed by atoms with E-state index in [9.17, 15) is 18.4 Å². The standard InChI is InChI=1S/C19H19F2NO5S/c1-11(17(23)22-13-5-7-14(8-6-13)28-19(20)21)27-15-9-4-12(18(24)26-3)10-16(15)25-2/h4-11,19H,1-3H3,(H,22,23)/t11-/m0/s1. The van der Waals surface area contributed by atoms with Gasteiger partial charge in [-0.2, -0.15) is 8.78 Å². The number of hydrogen-bond acceptors (Lipinski definition) is 6. The number of anilines is 1. The fraction of sp³-hybridized carbons (Fsp3) is 0.263. The molecule has 1 amide bonds. The quantitative estimate of drug-likeness (QED) is 0.518. The molecular weight excluding hydrogens is 392 g/mol. The summed E-state index contributed by atoms with van der Waals surface area (Å²) >= 11 is 0.425. The molecule has 2 aromatic rings. The van der Waals surface area contributed by atoms with Crippen molar-refractivity contribution in [3.63, 3.8) is 0 Å². The van der Waals surface area contributed by atoms with Gasteiger partial charge in [0.05, 0.1) is 19.8 Å². The summed E-state index contributed by atoms with van der Waals surface area (Å²) in [7, 11) is 2.68. The number of carbonyl (C=O) groups is 2. The lowest BCUT2D eigenvalue weighted by atomic mass is 10.2. The molecule has 0 heterocycles. The van der Waals surface area contributed by atoms with E-state index in [-0.39, 0.29) is 17.1 Å². The molecule has 0 fully saturated rings.